The quantitative estimate of drug-likeness (QED) is 0.113. The highest BCUT2D eigenvalue weighted by molar-refractivity contribution is 7.92. The van der Waals surface area contributed by atoms with Crippen molar-refractivity contribution in [3.05, 3.63) is 89.6 Å². The van der Waals surface area contributed by atoms with Gasteiger partial charge < -0.3 is 25.5 Å². The van der Waals surface area contributed by atoms with Crippen molar-refractivity contribution in [2.45, 2.75) is 32.9 Å². The molecule has 0 aliphatic heterocycles. The first-order valence-corrected chi connectivity index (χ1v) is 14.8. The summed E-state index contributed by atoms with van der Waals surface area (Å²) >= 11 is 0. The Morgan fingerprint density at radius 2 is 1.85 bits per heavy atom. The molecular weight excluding hydrogens is 547 g/mol. The van der Waals surface area contributed by atoms with E-state index in [2.05, 4.69) is 20.0 Å². The van der Waals surface area contributed by atoms with Crippen LogP contribution in [0.3, 0.4) is 0 Å². The number of H-pyrrole nitrogens is 1. The molecule has 1 unspecified atom stereocenters. The number of nitrogens with one attached hydrogen (secondary N) is 4. The first-order chi connectivity index (χ1) is 19.4. The molecule has 0 aliphatic rings. The van der Waals surface area contributed by atoms with Crippen molar-refractivity contribution in [2.24, 2.45) is 5.73 Å². The van der Waals surface area contributed by atoms with Gasteiger partial charge in [0.05, 0.1) is 30.9 Å². The number of benzene rings is 3. The van der Waals surface area contributed by atoms with Crippen LogP contribution in [0.4, 0.5) is 15.8 Å². The molecule has 0 radical (unpaired) electrons. The van der Waals surface area contributed by atoms with Crippen LogP contribution < -0.4 is 25.2 Å². The van der Waals surface area contributed by atoms with Gasteiger partial charge in [-0.3, -0.25) is 10.1 Å². The Hall–Kier alpha value is -4.58. The van der Waals surface area contributed by atoms with Crippen molar-refractivity contribution in [3.8, 4) is 22.8 Å². The number of anilines is 2. The largest absolute Gasteiger partial charge is 0.494 e. The number of amidine groups is 1. The fraction of sp³-hybridized carbons (Fsp3) is 0.241. The second-order valence-electron chi connectivity index (χ2n) is 9.63. The molecule has 10 nitrogen and oxygen atoms in total. The van der Waals surface area contributed by atoms with Gasteiger partial charge in [0.25, 0.3) is 0 Å². The molecule has 0 fully saturated rings. The highest BCUT2D eigenvalue weighted by Crippen LogP contribution is 2.36. The highest BCUT2D eigenvalue weighted by atomic mass is 32.2. The number of hydrogen-bond acceptors (Lipinski definition) is 7. The molecule has 1 atom stereocenters. The summed E-state index contributed by atoms with van der Waals surface area (Å²) in [4.78, 5) is 7.82. The predicted octanol–water partition coefficient (Wildman–Crippen LogP) is 5.26. The second-order valence-corrected chi connectivity index (χ2v) is 11.4. The van der Waals surface area contributed by atoms with Crippen molar-refractivity contribution in [1.82, 2.24) is 9.97 Å². The number of aromatic amines is 1. The van der Waals surface area contributed by atoms with Gasteiger partial charge in [0.1, 0.15) is 23.5 Å². The predicted molar refractivity (Wildman–Crippen MR) is 159 cm³/mol. The molecule has 0 amide bonds. The highest BCUT2D eigenvalue weighted by Gasteiger charge is 2.26. The Morgan fingerprint density at radius 1 is 1.12 bits per heavy atom. The van der Waals surface area contributed by atoms with Crippen LogP contribution in [-0.2, 0) is 10.0 Å². The number of nitrogens with two attached hydrogens (primary N) is 1. The minimum atomic E-state index is -3.46. The number of aromatic nitrogens is 2. The lowest BCUT2D eigenvalue weighted by molar-refractivity contribution is 0.228. The van der Waals surface area contributed by atoms with Crippen LogP contribution in [0.5, 0.6) is 11.5 Å². The summed E-state index contributed by atoms with van der Waals surface area (Å²) in [5, 5.41) is 11.0. The monoisotopic (exact) mass is 580 g/mol. The van der Waals surface area contributed by atoms with Crippen molar-refractivity contribution < 1.29 is 22.3 Å². The molecule has 0 aliphatic carbocycles. The summed E-state index contributed by atoms with van der Waals surface area (Å²) in [5.74, 6) is 0.232. The zero-order valence-electron chi connectivity index (χ0n) is 23.2. The lowest BCUT2D eigenvalue weighted by Crippen LogP contribution is -2.18. The van der Waals surface area contributed by atoms with Crippen LogP contribution in [0.2, 0.25) is 0 Å². The lowest BCUT2D eigenvalue weighted by Gasteiger charge is -2.22. The van der Waals surface area contributed by atoms with Gasteiger partial charge in [-0.1, -0.05) is 12.1 Å². The van der Waals surface area contributed by atoms with Crippen LogP contribution in [0.1, 0.15) is 43.8 Å². The van der Waals surface area contributed by atoms with Gasteiger partial charge in [-0.05, 0) is 63.2 Å². The van der Waals surface area contributed by atoms with Crippen molar-refractivity contribution in [1.29, 1.82) is 5.41 Å². The van der Waals surface area contributed by atoms with E-state index >= 15 is 4.39 Å². The molecule has 1 aromatic heterocycles. The molecule has 0 saturated carbocycles. The molecule has 0 spiro atoms. The average molecular weight is 581 g/mol. The number of nitrogen functional groups attached to an aromatic ring is 1. The molecule has 6 N–H and O–H groups in total. The SMILES string of the molecule is CCOc1cc(OC(C)C)c(F)c(C(Nc2ccc(C(=N)N)cc2)c2ncc(-c3cccc(NS(C)(=O)=O)c3)[nH]2)c1. The van der Waals surface area contributed by atoms with Gasteiger partial charge >= 0.3 is 0 Å². The van der Waals surface area contributed by atoms with Crippen molar-refractivity contribution in [2.75, 3.05) is 22.9 Å². The molecule has 4 aromatic rings. The smallest absolute Gasteiger partial charge is 0.229 e. The average Bonchev–Trinajstić information content (AvgIpc) is 3.39. The Morgan fingerprint density at radius 3 is 2.49 bits per heavy atom. The van der Waals surface area contributed by atoms with Crippen LogP contribution >= 0.6 is 0 Å². The number of halogens is 1. The van der Waals surface area contributed by atoms with E-state index in [1.54, 1.807) is 60.8 Å². The van der Waals surface area contributed by atoms with E-state index in [1.807, 2.05) is 20.8 Å². The third-order valence-corrected chi connectivity index (χ3v) is 6.48. The third-order valence-electron chi connectivity index (χ3n) is 5.88. The number of ether oxygens (including phenoxy) is 2. The fourth-order valence-corrected chi connectivity index (χ4v) is 4.75. The molecule has 3 aromatic carbocycles. The zero-order chi connectivity index (χ0) is 29.7. The molecule has 0 bridgehead atoms. The van der Waals surface area contributed by atoms with E-state index in [9.17, 15) is 8.42 Å². The van der Waals surface area contributed by atoms with Crippen LogP contribution in [0.15, 0.2) is 66.9 Å². The van der Waals surface area contributed by atoms with E-state index in [0.717, 1.165) is 6.26 Å². The molecule has 41 heavy (non-hydrogen) atoms. The number of imidazole rings is 1. The number of sulfonamides is 1. The van der Waals surface area contributed by atoms with E-state index in [-0.39, 0.29) is 23.3 Å². The van der Waals surface area contributed by atoms with Crippen molar-refractivity contribution >= 4 is 27.2 Å². The second kappa shape index (κ2) is 12.3. The van der Waals surface area contributed by atoms with Gasteiger partial charge in [-0.15, -0.1) is 0 Å². The zero-order valence-corrected chi connectivity index (χ0v) is 24.0. The van der Waals surface area contributed by atoms with Crippen LogP contribution in [0.25, 0.3) is 11.3 Å². The third kappa shape index (κ3) is 7.54. The normalized spacial score (nSPS) is 12.1. The van der Waals surface area contributed by atoms with Crippen LogP contribution in [-0.4, -0.2) is 43.2 Å². The summed E-state index contributed by atoms with van der Waals surface area (Å²) in [6.45, 7) is 5.83. The Bertz CT molecular complexity index is 1640. The number of hydrogen-bond donors (Lipinski definition) is 5. The number of rotatable bonds is 12. The number of nitrogens with zero attached hydrogens (tertiary/aromatic N) is 1. The summed E-state index contributed by atoms with van der Waals surface area (Å²) in [7, 11) is -3.46. The fourth-order valence-electron chi connectivity index (χ4n) is 4.19. The van der Waals surface area contributed by atoms with E-state index in [4.69, 9.17) is 20.6 Å². The maximum atomic E-state index is 16.0. The molecule has 0 saturated heterocycles. The summed E-state index contributed by atoms with van der Waals surface area (Å²) in [6.07, 6.45) is 2.40. The Kier molecular flexibility index (Phi) is 8.82. The van der Waals surface area contributed by atoms with Gasteiger partial charge in [-0.25, -0.2) is 17.8 Å². The summed E-state index contributed by atoms with van der Waals surface area (Å²) < 4.78 is 53.4. The van der Waals surface area contributed by atoms with Gasteiger partial charge in [0, 0.05) is 34.1 Å². The van der Waals surface area contributed by atoms with Gasteiger partial charge in [-0.2, -0.15) is 0 Å². The topological polar surface area (TPSA) is 155 Å². The first kappa shape index (κ1) is 29.4. The maximum absolute atomic E-state index is 16.0. The van der Waals surface area contributed by atoms with Gasteiger partial charge in [0.2, 0.25) is 10.0 Å². The maximum Gasteiger partial charge on any atom is 0.229 e. The van der Waals surface area contributed by atoms with Gasteiger partial charge in [0.15, 0.2) is 11.6 Å². The van der Waals surface area contributed by atoms with E-state index in [0.29, 0.717) is 46.4 Å². The Labute approximate surface area is 238 Å². The summed E-state index contributed by atoms with van der Waals surface area (Å²) in [6, 6.07) is 16.0. The van der Waals surface area contributed by atoms with Crippen LogP contribution in [0, 0.1) is 11.2 Å². The van der Waals surface area contributed by atoms with E-state index in [1.165, 1.54) is 6.07 Å². The lowest BCUT2D eigenvalue weighted by atomic mass is 10.0. The minimum Gasteiger partial charge on any atom is -0.494 e. The molecule has 1 heterocycles. The molecule has 216 valence electrons. The van der Waals surface area contributed by atoms with Crippen molar-refractivity contribution in [3.63, 3.8) is 0 Å². The Balaban J connectivity index is 1.81. The molecular formula is C29H33FN6O4S. The summed E-state index contributed by atoms with van der Waals surface area (Å²) in [5.41, 5.74) is 8.68. The standard InChI is InChI=1S/C29H33FN6O4S/c1-5-39-22-14-23(26(30)25(15-22)40-17(2)3)27(34-20-11-9-18(10-12-20)28(31)32)29-33-16-24(35-29)19-7-6-8-21(13-19)36-41(4,37)38/h6-17,27,34,36H,5H2,1-4H3,(H3,31,32)(H,33,35). The first-order valence-electron chi connectivity index (χ1n) is 12.9. The minimum absolute atomic E-state index is 0.0472. The molecule has 12 heteroatoms. The van der Waals surface area contributed by atoms with E-state index < -0.39 is 21.9 Å². The molecule has 4 rings (SSSR count).